The van der Waals surface area contributed by atoms with E-state index in [2.05, 4.69) is 4.90 Å². The molecular weight excluding hydrogens is 231 g/mol. The van der Waals surface area contributed by atoms with Gasteiger partial charge in [-0.1, -0.05) is 0 Å². The zero-order valence-electron chi connectivity index (χ0n) is 11.2. The molecule has 1 aliphatic rings. The number of aryl methyl sites for hydroxylation is 1. The predicted molar refractivity (Wildman–Crippen MR) is 71.4 cm³/mol. The summed E-state index contributed by atoms with van der Waals surface area (Å²) in [5, 5.41) is 0. The zero-order chi connectivity index (χ0) is 13.3. The summed E-state index contributed by atoms with van der Waals surface area (Å²) >= 11 is 0. The number of likely N-dealkylation sites (N-methyl/N-ethyl adjacent to an activating group) is 1. The zero-order valence-corrected chi connectivity index (χ0v) is 11.2. The lowest BCUT2D eigenvalue weighted by Crippen LogP contribution is -2.33. The lowest BCUT2D eigenvalue weighted by molar-refractivity contribution is 0.193. The largest absolute Gasteiger partial charge is 0.379 e. The highest BCUT2D eigenvalue weighted by Crippen LogP contribution is 2.30. The van der Waals surface area contributed by atoms with Gasteiger partial charge in [0.1, 0.15) is 5.82 Å². The van der Waals surface area contributed by atoms with E-state index in [0.717, 1.165) is 30.9 Å². The van der Waals surface area contributed by atoms with E-state index in [1.807, 2.05) is 20.0 Å². The molecule has 0 saturated carbocycles. The summed E-state index contributed by atoms with van der Waals surface area (Å²) in [4.78, 5) is 2.16. The number of benzene rings is 1. The minimum absolute atomic E-state index is 0.181. The number of hydrogen-bond donors (Lipinski definition) is 1. The Balaban J connectivity index is 2.38. The van der Waals surface area contributed by atoms with Crippen molar-refractivity contribution in [1.82, 2.24) is 0 Å². The van der Waals surface area contributed by atoms with Gasteiger partial charge in [0, 0.05) is 25.4 Å². The maximum absolute atomic E-state index is 13.7. The molecule has 2 N–H and O–H groups in total. The van der Waals surface area contributed by atoms with Crippen LogP contribution in [0.25, 0.3) is 0 Å². The Morgan fingerprint density at radius 2 is 2.22 bits per heavy atom. The van der Waals surface area contributed by atoms with Gasteiger partial charge in [-0.05, 0) is 43.5 Å². The fourth-order valence-corrected chi connectivity index (χ4v) is 2.38. The van der Waals surface area contributed by atoms with Crippen molar-refractivity contribution in [3.8, 4) is 0 Å². The average molecular weight is 252 g/mol. The van der Waals surface area contributed by atoms with Crippen molar-refractivity contribution in [2.45, 2.75) is 32.4 Å². The maximum atomic E-state index is 13.7. The van der Waals surface area contributed by atoms with Crippen LogP contribution in [0.5, 0.6) is 0 Å². The molecule has 0 spiro atoms. The molecule has 0 aromatic heterocycles. The van der Waals surface area contributed by atoms with Gasteiger partial charge in [-0.3, -0.25) is 0 Å². The van der Waals surface area contributed by atoms with Gasteiger partial charge in [0.05, 0.1) is 12.6 Å². The fraction of sp³-hybridized carbons (Fsp3) is 0.571. The quantitative estimate of drug-likeness (QED) is 0.897. The van der Waals surface area contributed by atoms with Crippen LogP contribution in [-0.2, 0) is 4.74 Å². The van der Waals surface area contributed by atoms with Crippen molar-refractivity contribution in [3.05, 3.63) is 29.1 Å². The van der Waals surface area contributed by atoms with E-state index in [0.29, 0.717) is 11.6 Å². The average Bonchev–Trinajstić information content (AvgIpc) is 2.84. The van der Waals surface area contributed by atoms with Crippen LogP contribution in [0, 0.1) is 12.7 Å². The molecule has 0 amide bonds. The summed E-state index contributed by atoms with van der Waals surface area (Å²) in [7, 11) is 2.03. The third-order valence-corrected chi connectivity index (χ3v) is 3.63. The summed E-state index contributed by atoms with van der Waals surface area (Å²) in [6.45, 7) is 5.18. The third-order valence-electron chi connectivity index (χ3n) is 3.63. The third kappa shape index (κ3) is 2.49. The first kappa shape index (κ1) is 13.3. The molecule has 2 rings (SSSR count). The number of hydrogen-bond acceptors (Lipinski definition) is 3. The van der Waals surface area contributed by atoms with Crippen molar-refractivity contribution in [1.29, 1.82) is 0 Å². The highest BCUT2D eigenvalue weighted by atomic mass is 19.1. The predicted octanol–water partition coefficient (Wildman–Crippen LogP) is 2.38. The molecule has 18 heavy (non-hydrogen) atoms. The minimum atomic E-state index is -0.192. The second kappa shape index (κ2) is 5.24. The summed E-state index contributed by atoms with van der Waals surface area (Å²) in [6.07, 6.45) is 1.01. The lowest BCUT2D eigenvalue weighted by atomic mass is 10.0. The van der Waals surface area contributed by atoms with Crippen LogP contribution in [0.4, 0.5) is 10.1 Å². The second-order valence-corrected chi connectivity index (χ2v) is 5.08. The molecule has 0 bridgehead atoms. The first-order valence-electron chi connectivity index (χ1n) is 6.37. The first-order chi connectivity index (χ1) is 8.50. The number of anilines is 1. The van der Waals surface area contributed by atoms with Gasteiger partial charge in [-0.2, -0.15) is 0 Å². The normalized spacial score (nSPS) is 21.1. The number of ether oxygens (including phenoxy) is 1. The molecule has 0 aliphatic carbocycles. The van der Waals surface area contributed by atoms with Crippen LogP contribution >= 0.6 is 0 Å². The molecule has 1 aromatic rings. The minimum Gasteiger partial charge on any atom is -0.379 e. The number of rotatable bonds is 3. The van der Waals surface area contributed by atoms with Gasteiger partial charge < -0.3 is 15.4 Å². The van der Waals surface area contributed by atoms with Crippen molar-refractivity contribution >= 4 is 5.69 Å². The topological polar surface area (TPSA) is 38.5 Å². The Morgan fingerprint density at radius 1 is 1.50 bits per heavy atom. The Bertz CT molecular complexity index is 428. The van der Waals surface area contributed by atoms with Crippen molar-refractivity contribution in [2.75, 3.05) is 25.2 Å². The first-order valence-corrected chi connectivity index (χ1v) is 6.37. The number of halogens is 1. The molecule has 0 radical (unpaired) electrons. The van der Waals surface area contributed by atoms with E-state index in [4.69, 9.17) is 10.5 Å². The highest BCUT2D eigenvalue weighted by Gasteiger charge is 2.23. The molecule has 1 unspecified atom stereocenters. The smallest absolute Gasteiger partial charge is 0.126 e. The maximum Gasteiger partial charge on any atom is 0.126 e. The number of nitrogens with two attached hydrogens (primary N) is 1. The van der Waals surface area contributed by atoms with Crippen LogP contribution in [-0.4, -0.2) is 26.3 Å². The SMILES string of the molecule is Cc1cc(N(C)C2CCOC2)c([C@H](C)N)cc1F. The van der Waals surface area contributed by atoms with Crippen molar-refractivity contribution in [2.24, 2.45) is 5.73 Å². The van der Waals surface area contributed by atoms with Crippen LogP contribution in [0.3, 0.4) is 0 Å². The molecule has 100 valence electrons. The van der Waals surface area contributed by atoms with E-state index in [1.54, 1.807) is 13.0 Å². The lowest BCUT2D eigenvalue weighted by Gasteiger charge is -2.29. The van der Waals surface area contributed by atoms with Crippen LogP contribution in [0.1, 0.15) is 30.5 Å². The standard InChI is InChI=1S/C14H21FN2O/c1-9-6-14(12(10(2)16)7-13(9)15)17(3)11-4-5-18-8-11/h6-7,10-11H,4-5,8,16H2,1-3H3/t10-,11?/m0/s1. The van der Waals surface area contributed by atoms with Crippen LogP contribution in [0.2, 0.25) is 0 Å². The van der Waals surface area contributed by atoms with E-state index >= 15 is 0 Å². The van der Waals surface area contributed by atoms with E-state index < -0.39 is 0 Å². The second-order valence-electron chi connectivity index (χ2n) is 5.08. The molecular formula is C14H21FN2O. The summed E-state index contributed by atoms with van der Waals surface area (Å²) in [6, 6.07) is 3.61. The van der Waals surface area contributed by atoms with Crippen LogP contribution in [0.15, 0.2) is 12.1 Å². The molecule has 2 atom stereocenters. The summed E-state index contributed by atoms with van der Waals surface area (Å²) in [5.74, 6) is -0.192. The Labute approximate surface area is 108 Å². The van der Waals surface area contributed by atoms with Gasteiger partial charge in [0.25, 0.3) is 0 Å². The molecule has 1 saturated heterocycles. The molecule has 1 fully saturated rings. The van der Waals surface area contributed by atoms with E-state index in [-0.39, 0.29) is 11.9 Å². The molecule has 1 heterocycles. The summed E-state index contributed by atoms with van der Waals surface area (Å²) in [5.41, 5.74) is 8.47. The monoisotopic (exact) mass is 252 g/mol. The van der Waals surface area contributed by atoms with Crippen molar-refractivity contribution < 1.29 is 9.13 Å². The Morgan fingerprint density at radius 3 is 2.78 bits per heavy atom. The van der Waals surface area contributed by atoms with Gasteiger partial charge in [0.2, 0.25) is 0 Å². The molecule has 1 aromatic carbocycles. The fourth-order valence-electron chi connectivity index (χ4n) is 2.38. The van der Waals surface area contributed by atoms with Gasteiger partial charge in [-0.25, -0.2) is 4.39 Å². The number of nitrogens with zero attached hydrogens (tertiary/aromatic N) is 1. The highest BCUT2D eigenvalue weighted by molar-refractivity contribution is 5.57. The van der Waals surface area contributed by atoms with E-state index in [9.17, 15) is 4.39 Å². The van der Waals surface area contributed by atoms with Crippen LogP contribution < -0.4 is 10.6 Å². The molecule has 4 heteroatoms. The molecule has 1 aliphatic heterocycles. The van der Waals surface area contributed by atoms with Gasteiger partial charge in [-0.15, -0.1) is 0 Å². The van der Waals surface area contributed by atoms with Gasteiger partial charge >= 0.3 is 0 Å². The molecule has 3 nitrogen and oxygen atoms in total. The Hall–Kier alpha value is -1.13. The van der Waals surface area contributed by atoms with E-state index in [1.165, 1.54) is 0 Å². The van der Waals surface area contributed by atoms with Crippen molar-refractivity contribution in [3.63, 3.8) is 0 Å². The Kier molecular flexibility index (Phi) is 3.88. The summed E-state index contributed by atoms with van der Waals surface area (Å²) < 4.78 is 19.1. The van der Waals surface area contributed by atoms with Gasteiger partial charge in [0.15, 0.2) is 0 Å².